The van der Waals surface area contributed by atoms with Crippen LogP contribution in [0.3, 0.4) is 0 Å². The molecule has 1 atom stereocenters. The van der Waals surface area contributed by atoms with Gasteiger partial charge in [-0.1, -0.05) is 0 Å². The van der Waals surface area contributed by atoms with Gasteiger partial charge in [0.05, 0.1) is 19.0 Å². The summed E-state index contributed by atoms with van der Waals surface area (Å²) in [6, 6.07) is 3.05. The molecule has 0 aliphatic heterocycles. The summed E-state index contributed by atoms with van der Waals surface area (Å²) >= 11 is 0. The highest BCUT2D eigenvalue weighted by Crippen LogP contribution is 2.11. The van der Waals surface area contributed by atoms with E-state index in [9.17, 15) is 9.90 Å². The fourth-order valence-electron chi connectivity index (χ4n) is 1.94. The van der Waals surface area contributed by atoms with Gasteiger partial charge in [-0.2, -0.15) is 5.10 Å². The van der Waals surface area contributed by atoms with Crippen LogP contribution in [-0.4, -0.2) is 34.4 Å². The molecule has 0 saturated heterocycles. The molecule has 2 heterocycles. The van der Waals surface area contributed by atoms with E-state index in [0.29, 0.717) is 12.3 Å². The first-order valence-corrected chi connectivity index (χ1v) is 6.89. The van der Waals surface area contributed by atoms with Crippen LogP contribution < -0.4 is 10.6 Å². The van der Waals surface area contributed by atoms with Crippen LogP contribution in [0.25, 0.3) is 0 Å². The van der Waals surface area contributed by atoms with Crippen LogP contribution in [0, 0.1) is 6.92 Å². The third kappa shape index (κ3) is 4.64. The van der Waals surface area contributed by atoms with E-state index in [1.54, 1.807) is 18.3 Å². The number of nitrogens with one attached hydrogen (secondary N) is 3. The molecule has 1 unspecified atom stereocenters. The molecule has 2 amide bonds. The average Bonchev–Trinajstić information content (AvgIpc) is 3.13. The first kappa shape index (κ1) is 15.1. The Morgan fingerprint density at radius 1 is 1.52 bits per heavy atom. The fourth-order valence-corrected chi connectivity index (χ4v) is 1.94. The predicted molar refractivity (Wildman–Crippen MR) is 76.7 cm³/mol. The molecular formula is C14H20N4O3. The number of urea groups is 1. The second-order valence-electron chi connectivity index (χ2n) is 4.79. The molecule has 0 fully saturated rings. The zero-order chi connectivity index (χ0) is 15.1. The molecule has 0 spiro atoms. The molecule has 0 saturated carbocycles. The number of carbonyl (C=O) groups excluding carboxylic acids is 1. The van der Waals surface area contributed by atoms with Crippen LogP contribution in [0.2, 0.25) is 0 Å². The number of aliphatic hydroxyl groups is 1. The Labute approximate surface area is 122 Å². The molecule has 0 aliphatic carbocycles. The molecule has 4 N–H and O–H groups in total. The minimum absolute atomic E-state index is 0.111. The smallest absolute Gasteiger partial charge is 0.314 e. The number of aliphatic hydroxyl groups excluding tert-OH is 1. The number of nitrogens with zero attached hydrogens (tertiary/aromatic N) is 1. The Bertz CT molecular complexity index is 550. The lowest BCUT2D eigenvalue weighted by atomic mass is 10.1. The molecule has 114 valence electrons. The highest BCUT2D eigenvalue weighted by atomic mass is 16.4. The van der Waals surface area contributed by atoms with Crippen molar-refractivity contribution >= 4 is 6.03 Å². The van der Waals surface area contributed by atoms with Crippen molar-refractivity contribution in [1.29, 1.82) is 0 Å². The maximum absolute atomic E-state index is 11.6. The van der Waals surface area contributed by atoms with Gasteiger partial charge >= 0.3 is 6.03 Å². The molecule has 0 aromatic carbocycles. The zero-order valence-electron chi connectivity index (χ0n) is 11.9. The third-order valence-corrected chi connectivity index (χ3v) is 3.17. The van der Waals surface area contributed by atoms with E-state index in [2.05, 4.69) is 20.8 Å². The summed E-state index contributed by atoms with van der Waals surface area (Å²) in [6.45, 7) is 2.64. The number of hydrogen-bond donors (Lipinski definition) is 4. The van der Waals surface area contributed by atoms with E-state index >= 15 is 0 Å². The van der Waals surface area contributed by atoms with Gasteiger partial charge in [-0.3, -0.25) is 5.10 Å². The Morgan fingerprint density at radius 3 is 3.05 bits per heavy atom. The summed E-state index contributed by atoms with van der Waals surface area (Å²) in [5.74, 6) is 0.436. The number of carbonyl (C=O) groups is 1. The minimum atomic E-state index is -0.834. The molecular weight excluding hydrogens is 272 g/mol. The molecule has 0 bridgehead atoms. The number of hydrogen-bond acceptors (Lipinski definition) is 4. The van der Waals surface area contributed by atoms with E-state index in [1.807, 2.05) is 6.92 Å². The molecule has 0 aliphatic rings. The lowest BCUT2D eigenvalue weighted by Gasteiger charge is -2.10. The maximum Gasteiger partial charge on any atom is 0.314 e. The number of aryl methyl sites for hydroxylation is 2. The van der Waals surface area contributed by atoms with Crippen molar-refractivity contribution in [2.24, 2.45) is 0 Å². The summed E-state index contributed by atoms with van der Waals surface area (Å²) < 4.78 is 5.05. The van der Waals surface area contributed by atoms with Crippen LogP contribution >= 0.6 is 0 Å². The SMILES string of the molecule is Cc1[nH]ncc1CCCNC(=O)NCC(O)c1ccco1. The van der Waals surface area contributed by atoms with Gasteiger partial charge in [0.2, 0.25) is 0 Å². The summed E-state index contributed by atoms with van der Waals surface area (Å²) in [6.07, 6.45) is 4.14. The molecule has 2 aromatic rings. The van der Waals surface area contributed by atoms with Gasteiger partial charge in [-0.05, 0) is 37.5 Å². The van der Waals surface area contributed by atoms with E-state index in [-0.39, 0.29) is 12.6 Å². The Hall–Kier alpha value is -2.28. The molecule has 2 rings (SSSR count). The predicted octanol–water partition coefficient (Wildman–Crippen LogP) is 1.28. The van der Waals surface area contributed by atoms with Gasteiger partial charge in [0.1, 0.15) is 11.9 Å². The van der Waals surface area contributed by atoms with Crippen LogP contribution in [-0.2, 0) is 6.42 Å². The van der Waals surface area contributed by atoms with Gasteiger partial charge in [0, 0.05) is 12.2 Å². The standard InChI is InChI=1S/C14H20N4O3/c1-10-11(8-17-18-10)4-2-6-15-14(20)16-9-12(19)13-5-3-7-21-13/h3,5,7-8,12,19H,2,4,6,9H2,1H3,(H,17,18)(H2,15,16,20). The third-order valence-electron chi connectivity index (χ3n) is 3.17. The minimum Gasteiger partial charge on any atom is -0.467 e. The molecule has 2 aromatic heterocycles. The summed E-state index contributed by atoms with van der Waals surface area (Å²) in [4.78, 5) is 11.6. The number of aromatic amines is 1. The average molecular weight is 292 g/mol. The Balaban J connectivity index is 1.58. The molecule has 7 nitrogen and oxygen atoms in total. The van der Waals surface area contributed by atoms with Crippen molar-refractivity contribution in [1.82, 2.24) is 20.8 Å². The quantitative estimate of drug-likeness (QED) is 0.577. The number of H-pyrrole nitrogens is 1. The first-order valence-electron chi connectivity index (χ1n) is 6.89. The van der Waals surface area contributed by atoms with E-state index in [1.165, 1.54) is 6.26 Å². The topological polar surface area (TPSA) is 103 Å². The van der Waals surface area contributed by atoms with E-state index in [4.69, 9.17) is 4.42 Å². The number of amides is 2. The van der Waals surface area contributed by atoms with Crippen molar-refractivity contribution in [3.63, 3.8) is 0 Å². The lowest BCUT2D eigenvalue weighted by Crippen LogP contribution is -2.38. The second-order valence-corrected chi connectivity index (χ2v) is 4.79. The molecule has 0 radical (unpaired) electrons. The number of rotatable bonds is 7. The maximum atomic E-state index is 11.6. The second kappa shape index (κ2) is 7.49. The van der Waals surface area contributed by atoms with Gasteiger partial charge in [-0.25, -0.2) is 4.79 Å². The number of furan rings is 1. The van der Waals surface area contributed by atoms with Gasteiger partial charge in [-0.15, -0.1) is 0 Å². The van der Waals surface area contributed by atoms with Crippen LogP contribution in [0.15, 0.2) is 29.0 Å². The molecule has 21 heavy (non-hydrogen) atoms. The largest absolute Gasteiger partial charge is 0.467 e. The van der Waals surface area contributed by atoms with Crippen molar-refractivity contribution in [2.45, 2.75) is 25.9 Å². The van der Waals surface area contributed by atoms with Crippen LogP contribution in [0.5, 0.6) is 0 Å². The van der Waals surface area contributed by atoms with Crippen molar-refractivity contribution in [2.75, 3.05) is 13.1 Å². The summed E-state index contributed by atoms with van der Waals surface area (Å²) in [5, 5.41) is 21.9. The normalized spacial score (nSPS) is 12.1. The monoisotopic (exact) mass is 292 g/mol. The highest BCUT2D eigenvalue weighted by Gasteiger charge is 2.11. The van der Waals surface area contributed by atoms with E-state index in [0.717, 1.165) is 24.1 Å². The molecule has 7 heteroatoms. The lowest BCUT2D eigenvalue weighted by molar-refractivity contribution is 0.148. The van der Waals surface area contributed by atoms with Crippen molar-refractivity contribution in [3.8, 4) is 0 Å². The Kier molecular flexibility index (Phi) is 5.39. The van der Waals surface area contributed by atoms with Crippen molar-refractivity contribution in [3.05, 3.63) is 41.6 Å². The fraction of sp³-hybridized carbons (Fsp3) is 0.429. The van der Waals surface area contributed by atoms with Crippen molar-refractivity contribution < 1.29 is 14.3 Å². The first-order chi connectivity index (χ1) is 10.2. The van der Waals surface area contributed by atoms with Gasteiger partial charge in [0.25, 0.3) is 0 Å². The summed E-state index contributed by atoms with van der Waals surface area (Å²) in [5.41, 5.74) is 2.21. The zero-order valence-corrected chi connectivity index (χ0v) is 11.9. The highest BCUT2D eigenvalue weighted by molar-refractivity contribution is 5.73. The van der Waals surface area contributed by atoms with E-state index < -0.39 is 6.10 Å². The Morgan fingerprint density at radius 2 is 2.38 bits per heavy atom. The summed E-state index contributed by atoms with van der Waals surface area (Å²) in [7, 11) is 0. The van der Waals surface area contributed by atoms with Gasteiger partial charge < -0.3 is 20.2 Å². The number of aromatic nitrogens is 2. The van der Waals surface area contributed by atoms with Crippen LogP contribution in [0.4, 0.5) is 4.79 Å². The van der Waals surface area contributed by atoms with Crippen LogP contribution in [0.1, 0.15) is 29.5 Å². The van der Waals surface area contributed by atoms with Gasteiger partial charge in [0.15, 0.2) is 0 Å².